The fraction of sp³-hybridized carbons (Fsp3) is 0.615. The van der Waals surface area contributed by atoms with Gasteiger partial charge in [0.1, 0.15) is 0 Å². The molecule has 7 heteroatoms. The Kier molecular flexibility index (Phi) is 4.62. The third kappa shape index (κ3) is 3.91. The molecule has 1 heterocycles. The first-order valence-corrected chi connectivity index (χ1v) is 8.34. The number of pyridine rings is 1. The minimum Gasteiger partial charge on any atom is -0.481 e. The Morgan fingerprint density at radius 3 is 2.65 bits per heavy atom. The lowest BCUT2D eigenvalue weighted by atomic mass is 9.80. The lowest BCUT2D eigenvalue weighted by Crippen LogP contribution is -2.37. The summed E-state index contributed by atoms with van der Waals surface area (Å²) in [5.74, 6) is 0.460. The maximum atomic E-state index is 11.4. The highest BCUT2D eigenvalue weighted by molar-refractivity contribution is 7.86. The molecule has 0 spiro atoms. The molecule has 1 aromatic rings. The van der Waals surface area contributed by atoms with E-state index in [-0.39, 0.29) is 18.1 Å². The standard InChI is InChI=1S/C13H20N2O4S/c1-18-13-6-3-9(8-15-13)11-7-10(14)4-5-12(11)19-20(2,16)17/h3,6,8,10-12H,4-5,7,14H2,1-2H3/t10-,11+,12-/m0/s1. The summed E-state index contributed by atoms with van der Waals surface area (Å²) in [5, 5.41) is 0. The van der Waals surface area contributed by atoms with E-state index < -0.39 is 10.1 Å². The SMILES string of the molecule is COc1ccc([C@H]2C[C@@H](N)CC[C@@H]2OS(C)(=O)=O)cn1. The fourth-order valence-electron chi connectivity index (χ4n) is 2.60. The molecule has 0 aromatic carbocycles. The van der Waals surface area contributed by atoms with Gasteiger partial charge in [0.2, 0.25) is 5.88 Å². The number of ether oxygens (including phenoxy) is 1. The van der Waals surface area contributed by atoms with Crippen LogP contribution in [-0.2, 0) is 14.3 Å². The van der Waals surface area contributed by atoms with Gasteiger partial charge in [-0.1, -0.05) is 6.07 Å². The average Bonchev–Trinajstić information content (AvgIpc) is 2.39. The Hall–Kier alpha value is -1.18. The van der Waals surface area contributed by atoms with Gasteiger partial charge < -0.3 is 10.5 Å². The van der Waals surface area contributed by atoms with E-state index in [4.69, 9.17) is 14.7 Å². The summed E-state index contributed by atoms with van der Waals surface area (Å²) in [4.78, 5) is 4.16. The van der Waals surface area contributed by atoms with Gasteiger partial charge in [0.15, 0.2) is 0 Å². The summed E-state index contributed by atoms with van der Waals surface area (Å²) in [5.41, 5.74) is 6.92. The number of nitrogens with two attached hydrogens (primary N) is 1. The number of nitrogens with zero attached hydrogens (tertiary/aromatic N) is 1. The summed E-state index contributed by atoms with van der Waals surface area (Å²) in [6.45, 7) is 0. The minimum atomic E-state index is -3.48. The average molecular weight is 300 g/mol. The van der Waals surface area contributed by atoms with Crippen LogP contribution >= 0.6 is 0 Å². The zero-order chi connectivity index (χ0) is 14.8. The van der Waals surface area contributed by atoms with Gasteiger partial charge in [-0.25, -0.2) is 4.98 Å². The Morgan fingerprint density at radius 1 is 1.35 bits per heavy atom. The second-order valence-electron chi connectivity index (χ2n) is 5.15. The normalized spacial score (nSPS) is 27.2. The largest absolute Gasteiger partial charge is 0.481 e. The van der Waals surface area contributed by atoms with E-state index in [1.807, 2.05) is 6.07 Å². The van der Waals surface area contributed by atoms with Crippen LogP contribution in [0.2, 0.25) is 0 Å². The summed E-state index contributed by atoms with van der Waals surface area (Å²) < 4.78 is 33.0. The Balaban J connectivity index is 2.22. The quantitative estimate of drug-likeness (QED) is 0.835. The van der Waals surface area contributed by atoms with Gasteiger partial charge in [0.05, 0.1) is 19.5 Å². The highest BCUT2D eigenvalue weighted by Gasteiger charge is 2.33. The third-order valence-electron chi connectivity index (χ3n) is 3.52. The number of methoxy groups -OCH3 is 1. The first-order chi connectivity index (χ1) is 9.39. The molecule has 112 valence electrons. The van der Waals surface area contributed by atoms with Crippen LogP contribution in [0.3, 0.4) is 0 Å². The summed E-state index contributed by atoms with van der Waals surface area (Å²) >= 11 is 0. The Labute approximate surface area is 119 Å². The van der Waals surface area contributed by atoms with E-state index in [2.05, 4.69) is 4.98 Å². The third-order valence-corrected chi connectivity index (χ3v) is 4.12. The van der Waals surface area contributed by atoms with Crippen molar-refractivity contribution >= 4 is 10.1 Å². The molecular formula is C13H20N2O4S. The number of aromatic nitrogens is 1. The molecule has 1 saturated carbocycles. The topological polar surface area (TPSA) is 91.5 Å². The smallest absolute Gasteiger partial charge is 0.264 e. The van der Waals surface area contributed by atoms with Crippen molar-refractivity contribution in [3.8, 4) is 5.88 Å². The van der Waals surface area contributed by atoms with Crippen LogP contribution < -0.4 is 10.5 Å². The molecule has 1 aromatic heterocycles. The lowest BCUT2D eigenvalue weighted by molar-refractivity contribution is 0.130. The molecule has 0 radical (unpaired) electrons. The molecule has 1 fully saturated rings. The van der Waals surface area contributed by atoms with E-state index in [1.165, 1.54) is 0 Å². The summed E-state index contributed by atoms with van der Waals surface area (Å²) in [6.07, 6.45) is 4.48. The van der Waals surface area contributed by atoms with Gasteiger partial charge in [0, 0.05) is 24.2 Å². The van der Waals surface area contributed by atoms with Crippen LogP contribution in [-0.4, -0.2) is 38.9 Å². The number of rotatable bonds is 4. The van der Waals surface area contributed by atoms with Crippen molar-refractivity contribution in [2.45, 2.75) is 37.3 Å². The maximum Gasteiger partial charge on any atom is 0.264 e. The van der Waals surface area contributed by atoms with E-state index in [0.717, 1.165) is 18.2 Å². The van der Waals surface area contributed by atoms with Crippen molar-refractivity contribution in [3.63, 3.8) is 0 Å². The summed E-state index contributed by atoms with van der Waals surface area (Å²) in [6, 6.07) is 3.70. The predicted octanol–water partition coefficient (Wildman–Crippen LogP) is 1.03. The van der Waals surface area contributed by atoms with Crippen LogP contribution in [0.1, 0.15) is 30.7 Å². The first-order valence-electron chi connectivity index (χ1n) is 6.53. The molecule has 1 aliphatic carbocycles. The van der Waals surface area contributed by atoms with Gasteiger partial charge in [0.25, 0.3) is 10.1 Å². The van der Waals surface area contributed by atoms with Crippen molar-refractivity contribution in [1.82, 2.24) is 4.98 Å². The van der Waals surface area contributed by atoms with Crippen LogP contribution in [0.4, 0.5) is 0 Å². The van der Waals surface area contributed by atoms with Gasteiger partial charge in [-0.05, 0) is 24.8 Å². The number of hydrogen-bond acceptors (Lipinski definition) is 6. The van der Waals surface area contributed by atoms with E-state index >= 15 is 0 Å². The monoisotopic (exact) mass is 300 g/mol. The van der Waals surface area contributed by atoms with Gasteiger partial charge >= 0.3 is 0 Å². The van der Waals surface area contributed by atoms with Crippen molar-refractivity contribution < 1.29 is 17.3 Å². The lowest BCUT2D eigenvalue weighted by Gasteiger charge is -2.33. The minimum absolute atomic E-state index is 0.0570. The Morgan fingerprint density at radius 2 is 2.10 bits per heavy atom. The first kappa shape index (κ1) is 15.2. The van der Waals surface area contributed by atoms with Crippen LogP contribution in [0.25, 0.3) is 0 Å². The zero-order valence-corrected chi connectivity index (χ0v) is 12.5. The van der Waals surface area contributed by atoms with Crippen molar-refractivity contribution in [2.75, 3.05) is 13.4 Å². The molecule has 3 atom stereocenters. The van der Waals surface area contributed by atoms with Crippen LogP contribution in [0.15, 0.2) is 18.3 Å². The molecule has 0 unspecified atom stereocenters. The molecule has 2 rings (SSSR count). The van der Waals surface area contributed by atoms with Gasteiger partial charge in [-0.3, -0.25) is 4.18 Å². The van der Waals surface area contributed by atoms with Crippen molar-refractivity contribution in [2.24, 2.45) is 5.73 Å². The maximum absolute atomic E-state index is 11.4. The highest BCUT2D eigenvalue weighted by Crippen LogP contribution is 2.35. The molecule has 0 saturated heterocycles. The van der Waals surface area contributed by atoms with Gasteiger partial charge in [-0.2, -0.15) is 8.42 Å². The second-order valence-corrected chi connectivity index (χ2v) is 6.75. The second kappa shape index (κ2) is 6.07. The van der Waals surface area contributed by atoms with Gasteiger partial charge in [-0.15, -0.1) is 0 Å². The highest BCUT2D eigenvalue weighted by atomic mass is 32.2. The molecule has 1 aliphatic rings. The number of hydrogen-bond donors (Lipinski definition) is 1. The molecule has 0 amide bonds. The van der Waals surface area contributed by atoms with Crippen molar-refractivity contribution in [1.29, 1.82) is 0 Å². The van der Waals surface area contributed by atoms with Crippen LogP contribution in [0, 0.1) is 0 Å². The van der Waals surface area contributed by atoms with E-state index in [9.17, 15) is 8.42 Å². The molecule has 0 aliphatic heterocycles. The zero-order valence-electron chi connectivity index (χ0n) is 11.7. The predicted molar refractivity (Wildman–Crippen MR) is 75.1 cm³/mol. The van der Waals surface area contributed by atoms with E-state index in [0.29, 0.717) is 18.7 Å². The molecule has 6 nitrogen and oxygen atoms in total. The molecule has 0 bridgehead atoms. The van der Waals surface area contributed by atoms with Crippen molar-refractivity contribution in [3.05, 3.63) is 23.9 Å². The summed E-state index contributed by atoms with van der Waals surface area (Å²) in [7, 11) is -1.93. The Bertz CT molecular complexity index is 544. The molecule has 2 N–H and O–H groups in total. The van der Waals surface area contributed by atoms with E-state index in [1.54, 1.807) is 19.4 Å². The molecular weight excluding hydrogens is 280 g/mol. The fourth-order valence-corrected chi connectivity index (χ4v) is 3.28. The van der Waals surface area contributed by atoms with Crippen LogP contribution in [0.5, 0.6) is 5.88 Å². The molecule has 20 heavy (non-hydrogen) atoms.